The third-order valence-electron chi connectivity index (χ3n) is 4.47. The molecule has 1 aliphatic heterocycles. The lowest BCUT2D eigenvalue weighted by Gasteiger charge is -2.17. The molecule has 0 spiro atoms. The van der Waals surface area contributed by atoms with E-state index < -0.39 is 0 Å². The average Bonchev–Trinajstić information content (AvgIpc) is 3.04. The highest BCUT2D eigenvalue weighted by atomic mass is 16.3. The van der Waals surface area contributed by atoms with Gasteiger partial charge in [0.05, 0.1) is 10.8 Å². The summed E-state index contributed by atoms with van der Waals surface area (Å²) in [5, 5.41) is 1.23. The van der Waals surface area contributed by atoms with Crippen LogP contribution in [0.15, 0.2) is 45.6 Å². The lowest BCUT2D eigenvalue weighted by atomic mass is 10.1. The van der Waals surface area contributed by atoms with Crippen LogP contribution >= 0.6 is 0 Å². The normalized spacial score (nSPS) is 15.8. The van der Waals surface area contributed by atoms with E-state index in [1.165, 1.54) is 12.8 Å². The molecule has 0 atom stereocenters. The first kappa shape index (κ1) is 13.3. The van der Waals surface area contributed by atoms with Gasteiger partial charge in [0, 0.05) is 17.8 Å². The molecule has 1 saturated heterocycles. The van der Waals surface area contributed by atoms with E-state index in [2.05, 4.69) is 4.90 Å². The van der Waals surface area contributed by atoms with Crippen LogP contribution in [0.4, 0.5) is 5.69 Å². The van der Waals surface area contributed by atoms with Crippen molar-refractivity contribution in [3.8, 4) is 0 Å². The molecule has 0 aliphatic carbocycles. The first-order chi connectivity index (χ1) is 10.7. The van der Waals surface area contributed by atoms with E-state index in [4.69, 9.17) is 10.2 Å². The Balaban J connectivity index is 1.98. The number of nitrogen functional groups attached to an aromatic ring is 1. The van der Waals surface area contributed by atoms with Crippen LogP contribution in [0, 0.1) is 0 Å². The Bertz CT molecular complexity index is 908. The number of nitrogens with two attached hydrogens (primary N) is 1. The van der Waals surface area contributed by atoms with Crippen LogP contribution < -0.4 is 11.2 Å². The quantitative estimate of drug-likeness (QED) is 0.583. The summed E-state index contributed by atoms with van der Waals surface area (Å²) in [6.07, 6.45) is 2.44. The van der Waals surface area contributed by atoms with E-state index in [1.807, 2.05) is 24.3 Å². The molecule has 1 fully saturated rings. The molecule has 2 N–H and O–H groups in total. The Kier molecular flexibility index (Phi) is 3.12. The van der Waals surface area contributed by atoms with Crippen LogP contribution in [0.3, 0.4) is 0 Å². The number of hydrogen-bond donors (Lipinski definition) is 1. The zero-order chi connectivity index (χ0) is 15.1. The standard InChI is InChI=1S/C18H18N2O2/c19-15-8-7-13-17(21)12-5-1-2-6-16(12)22-18(13)14(15)11-20-9-3-4-10-20/h1-2,5-8H,3-4,9-11,19H2. The molecule has 4 heteroatoms. The van der Waals surface area contributed by atoms with Crippen molar-refractivity contribution in [2.45, 2.75) is 19.4 Å². The Morgan fingerprint density at radius 3 is 2.64 bits per heavy atom. The van der Waals surface area contributed by atoms with Crippen molar-refractivity contribution in [1.82, 2.24) is 4.90 Å². The Morgan fingerprint density at radius 1 is 1.05 bits per heavy atom. The predicted molar refractivity (Wildman–Crippen MR) is 88.9 cm³/mol. The highest BCUT2D eigenvalue weighted by Crippen LogP contribution is 2.28. The van der Waals surface area contributed by atoms with E-state index in [0.717, 1.165) is 25.2 Å². The number of anilines is 1. The van der Waals surface area contributed by atoms with Crippen LogP contribution in [-0.2, 0) is 6.54 Å². The molecule has 112 valence electrons. The zero-order valence-corrected chi connectivity index (χ0v) is 12.3. The SMILES string of the molecule is Nc1ccc2c(=O)c3ccccc3oc2c1CN1CCCC1. The third-order valence-corrected chi connectivity index (χ3v) is 4.47. The summed E-state index contributed by atoms with van der Waals surface area (Å²) >= 11 is 0. The second-order valence-electron chi connectivity index (χ2n) is 5.92. The minimum Gasteiger partial charge on any atom is -0.455 e. The predicted octanol–water partition coefficient (Wildman–Crippen LogP) is 3.12. The van der Waals surface area contributed by atoms with E-state index >= 15 is 0 Å². The van der Waals surface area contributed by atoms with Crippen molar-refractivity contribution in [2.75, 3.05) is 18.8 Å². The summed E-state index contributed by atoms with van der Waals surface area (Å²) in [4.78, 5) is 15.0. The molecule has 0 unspecified atom stereocenters. The molecule has 2 aromatic carbocycles. The van der Waals surface area contributed by atoms with Gasteiger partial charge in [0.2, 0.25) is 5.43 Å². The summed E-state index contributed by atoms with van der Waals surface area (Å²) in [6.45, 7) is 2.89. The van der Waals surface area contributed by atoms with Gasteiger partial charge in [0.25, 0.3) is 0 Å². The maximum atomic E-state index is 12.7. The second-order valence-corrected chi connectivity index (χ2v) is 5.92. The molecule has 1 aliphatic rings. The maximum absolute atomic E-state index is 12.7. The van der Waals surface area contributed by atoms with Gasteiger partial charge in [0.15, 0.2) is 0 Å². The Hall–Kier alpha value is -2.33. The zero-order valence-electron chi connectivity index (χ0n) is 12.3. The number of hydrogen-bond acceptors (Lipinski definition) is 4. The van der Waals surface area contributed by atoms with Gasteiger partial charge in [-0.25, -0.2) is 0 Å². The van der Waals surface area contributed by atoms with Crippen molar-refractivity contribution in [3.05, 3.63) is 52.2 Å². The molecule has 2 heterocycles. The second kappa shape index (κ2) is 5.14. The summed E-state index contributed by atoms with van der Waals surface area (Å²) in [5.41, 5.74) is 9.06. The molecular weight excluding hydrogens is 276 g/mol. The molecule has 3 aromatic rings. The molecule has 0 radical (unpaired) electrons. The van der Waals surface area contributed by atoms with Gasteiger partial charge in [-0.15, -0.1) is 0 Å². The van der Waals surface area contributed by atoms with Gasteiger partial charge in [-0.05, 0) is 50.2 Å². The minimum absolute atomic E-state index is 0.0134. The lowest BCUT2D eigenvalue weighted by Crippen LogP contribution is -2.20. The molecule has 0 bridgehead atoms. The number of likely N-dealkylation sites (tertiary alicyclic amines) is 1. The van der Waals surface area contributed by atoms with Gasteiger partial charge in [0.1, 0.15) is 11.2 Å². The van der Waals surface area contributed by atoms with Crippen molar-refractivity contribution in [2.24, 2.45) is 0 Å². The van der Waals surface area contributed by atoms with Crippen molar-refractivity contribution < 1.29 is 4.42 Å². The van der Waals surface area contributed by atoms with Crippen molar-refractivity contribution in [3.63, 3.8) is 0 Å². The molecule has 4 rings (SSSR count). The monoisotopic (exact) mass is 294 g/mol. The van der Waals surface area contributed by atoms with Gasteiger partial charge < -0.3 is 10.2 Å². The van der Waals surface area contributed by atoms with Crippen molar-refractivity contribution in [1.29, 1.82) is 0 Å². The molecule has 1 aromatic heterocycles. The summed E-state index contributed by atoms with van der Waals surface area (Å²) in [5.74, 6) is 0. The molecule has 0 saturated carbocycles. The number of benzene rings is 2. The number of rotatable bonds is 2. The van der Waals surface area contributed by atoms with Gasteiger partial charge in [-0.2, -0.15) is 0 Å². The number of fused-ring (bicyclic) bond motifs is 2. The molecular formula is C18H18N2O2. The highest BCUT2D eigenvalue weighted by Gasteiger charge is 2.18. The topological polar surface area (TPSA) is 59.5 Å². The van der Waals surface area contributed by atoms with E-state index in [9.17, 15) is 4.79 Å². The first-order valence-electron chi connectivity index (χ1n) is 7.69. The fourth-order valence-corrected chi connectivity index (χ4v) is 3.26. The van der Waals surface area contributed by atoms with Gasteiger partial charge in [-0.1, -0.05) is 12.1 Å². The lowest BCUT2D eigenvalue weighted by molar-refractivity contribution is 0.332. The molecule has 0 amide bonds. The summed E-state index contributed by atoms with van der Waals surface area (Å²) < 4.78 is 6.04. The maximum Gasteiger partial charge on any atom is 0.200 e. The average molecular weight is 294 g/mol. The molecule has 4 nitrogen and oxygen atoms in total. The number of nitrogens with zero attached hydrogens (tertiary/aromatic N) is 1. The summed E-state index contributed by atoms with van der Waals surface area (Å²) in [6, 6.07) is 11.0. The van der Waals surface area contributed by atoms with Crippen LogP contribution in [-0.4, -0.2) is 18.0 Å². The Morgan fingerprint density at radius 2 is 1.82 bits per heavy atom. The fourth-order valence-electron chi connectivity index (χ4n) is 3.26. The first-order valence-corrected chi connectivity index (χ1v) is 7.69. The van der Waals surface area contributed by atoms with Crippen molar-refractivity contribution >= 4 is 27.6 Å². The smallest absolute Gasteiger partial charge is 0.200 e. The highest BCUT2D eigenvalue weighted by molar-refractivity contribution is 5.93. The van der Waals surface area contributed by atoms with Gasteiger partial charge in [-0.3, -0.25) is 9.69 Å². The van der Waals surface area contributed by atoms with E-state index in [1.54, 1.807) is 12.1 Å². The Labute approximate surface area is 128 Å². The van der Waals surface area contributed by atoms with Crippen LogP contribution in [0.1, 0.15) is 18.4 Å². The fraction of sp³-hybridized carbons (Fsp3) is 0.278. The minimum atomic E-state index is 0.0134. The summed E-state index contributed by atoms with van der Waals surface area (Å²) in [7, 11) is 0. The van der Waals surface area contributed by atoms with Gasteiger partial charge >= 0.3 is 0 Å². The molecule has 22 heavy (non-hydrogen) atoms. The third kappa shape index (κ3) is 2.07. The van der Waals surface area contributed by atoms with Crippen LogP contribution in [0.2, 0.25) is 0 Å². The van der Waals surface area contributed by atoms with Crippen LogP contribution in [0.25, 0.3) is 21.9 Å². The number of para-hydroxylation sites is 1. The van der Waals surface area contributed by atoms with E-state index in [0.29, 0.717) is 27.6 Å². The van der Waals surface area contributed by atoms with E-state index in [-0.39, 0.29) is 5.43 Å². The largest absolute Gasteiger partial charge is 0.455 e. The van der Waals surface area contributed by atoms with Crippen LogP contribution in [0.5, 0.6) is 0 Å².